The average molecular weight is 531 g/mol. The summed E-state index contributed by atoms with van der Waals surface area (Å²) in [5.41, 5.74) is -1.05. The van der Waals surface area contributed by atoms with Gasteiger partial charge in [0.2, 0.25) is 0 Å². The van der Waals surface area contributed by atoms with Crippen LogP contribution in [0.5, 0.6) is 5.75 Å². The second-order valence-electron chi connectivity index (χ2n) is 10.2. The molecule has 10 heteroatoms. The van der Waals surface area contributed by atoms with E-state index in [1.807, 2.05) is 0 Å². The monoisotopic (exact) mass is 530 g/mol. The number of sulfonamides is 1. The summed E-state index contributed by atoms with van der Waals surface area (Å²) in [6, 6.07) is 12.9. The SMILES string of the molecule is COc1cccc(N(C)S(=O)(=O)c2ccc(C#CC3(N(C(=O)O)C(C)(C)C)COC(C)(C)OC3)cc2)c1. The van der Waals surface area contributed by atoms with Gasteiger partial charge in [-0.25, -0.2) is 13.2 Å². The van der Waals surface area contributed by atoms with Gasteiger partial charge < -0.3 is 19.3 Å². The molecule has 0 unspecified atom stereocenters. The second kappa shape index (κ2) is 10.2. The molecule has 3 rings (SSSR count). The van der Waals surface area contributed by atoms with Crippen molar-refractivity contribution >= 4 is 21.8 Å². The molecule has 1 fully saturated rings. The Labute approximate surface area is 219 Å². The molecule has 0 aliphatic carbocycles. The van der Waals surface area contributed by atoms with Crippen molar-refractivity contribution in [3.8, 4) is 17.6 Å². The number of amides is 1. The molecule has 1 N–H and O–H groups in total. The first-order valence-electron chi connectivity index (χ1n) is 11.7. The van der Waals surface area contributed by atoms with Crippen LogP contribution in [0.2, 0.25) is 0 Å². The van der Waals surface area contributed by atoms with E-state index in [0.29, 0.717) is 17.0 Å². The van der Waals surface area contributed by atoms with Crippen LogP contribution in [0.25, 0.3) is 0 Å². The van der Waals surface area contributed by atoms with Crippen LogP contribution in [-0.2, 0) is 19.5 Å². The van der Waals surface area contributed by atoms with Crippen LogP contribution in [0, 0.1) is 11.8 Å². The van der Waals surface area contributed by atoms with Gasteiger partial charge >= 0.3 is 6.09 Å². The summed E-state index contributed by atoms with van der Waals surface area (Å²) in [5.74, 6) is 5.75. The fourth-order valence-corrected chi connectivity index (χ4v) is 5.23. The van der Waals surface area contributed by atoms with Crippen LogP contribution in [0.1, 0.15) is 40.2 Å². The molecule has 0 atom stereocenters. The van der Waals surface area contributed by atoms with Gasteiger partial charge in [0.05, 0.1) is 30.9 Å². The molecule has 0 saturated carbocycles. The third-order valence-corrected chi connectivity index (χ3v) is 7.78. The van der Waals surface area contributed by atoms with Crippen molar-refractivity contribution < 1.29 is 32.5 Å². The normalized spacial score (nSPS) is 16.7. The van der Waals surface area contributed by atoms with Gasteiger partial charge in [0.1, 0.15) is 5.75 Å². The van der Waals surface area contributed by atoms with E-state index >= 15 is 0 Å². The number of methoxy groups -OCH3 is 1. The second-order valence-corrected chi connectivity index (χ2v) is 12.2. The van der Waals surface area contributed by atoms with E-state index in [0.717, 1.165) is 0 Å². The van der Waals surface area contributed by atoms with E-state index in [2.05, 4.69) is 11.8 Å². The summed E-state index contributed by atoms with van der Waals surface area (Å²) in [6.07, 6.45) is -1.14. The van der Waals surface area contributed by atoms with Crippen LogP contribution < -0.4 is 9.04 Å². The summed E-state index contributed by atoms with van der Waals surface area (Å²) in [4.78, 5) is 13.6. The number of carboxylic acid groups (broad SMARTS) is 1. The molecular weight excluding hydrogens is 496 g/mol. The summed E-state index contributed by atoms with van der Waals surface area (Å²) >= 11 is 0. The predicted octanol–water partition coefficient (Wildman–Crippen LogP) is 4.17. The highest BCUT2D eigenvalue weighted by molar-refractivity contribution is 7.92. The lowest BCUT2D eigenvalue weighted by molar-refractivity contribution is -0.278. The largest absolute Gasteiger partial charge is 0.497 e. The summed E-state index contributed by atoms with van der Waals surface area (Å²) in [5, 5.41) is 10.0. The number of hydrogen-bond acceptors (Lipinski definition) is 6. The summed E-state index contributed by atoms with van der Waals surface area (Å²) in [6.45, 7) is 8.90. The zero-order chi connectivity index (χ0) is 27.6. The number of rotatable bonds is 5. The molecule has 0 bridgehead atoms. The molecule has 0 radical (unpaired) electrons. The van der Waals surface area contributed by atoms with E-state index in [1.54, 1.807) is 71.0 Å². The quantitative estimate of drug-likeness (QED) is 0.579. The summed E-state index contributed by atoms with van der Waals surface area (Å²) in [7, 11) is -0.848. The van der Waals surface area contributed by atoms with Gasteiger partial charge in [-0.1, -0.05) is 17.9 Å². The number of nitrogens with zero attached hydrogens (tertiary/aromatic N) is 2. The molecule has 9 nitrogen and oxygen atoms in total. The fourth-order valence-electron chi connectivity index (χ4n) is 4.04. The third kappa shape index (κ3) is 6.18. The highest BCUT2D eigenvalue weighted by Crippen LogP contribution is 2.33. The zero-order valence-corrected chi connectivity index (χ0v) is 23.0. The van der Waals surface area contributed by atoms with Crippen LogP contribution >= 0.6 is 0 Å². The third-order valence-electron chi connectivity index (χ3n) is 5.98. The van der Waals surface area contributed by atoms with Crippen molar-refractivity contribution in [3.05, 3.63) is 54.1 Å². The minimum atomic E-state index is -3.83. The van der Waals surface area contributed by atoms with Gasteiger partial charge in [-0.15, -0.1) is 0 Å². The molecule has 200 valence electrons. The van der Waals surface area contributed by atoms with Gasteiger partial charge in [0, 0.05) is 24.2 Å². The molecule has 37 heavy (non-hydrogen) atoms. The molecule has 1 aliphatic heterocycles. The maximum atomic E-state index is 13.2. The van der Waals surface area contributed by atoms with E-state index in [9.17, 15) is 18.3 Å². The first-order valence-corrected chi connectivity index (χ1v) is 13.1. The standard InChI is InChI=1S/C27H34N2O7S/c1-25(2,3)29(24(30)31)27(18-35-26(4,5)36-19-27)16-15-20-11-13-23(14-12-20)37(32,33)28(6)21-9-8-10-22(17-21)34-7/h8-14,17H,18-19H2,1-7H3,(H,30,31). The fraction of sp³-hybridized carbons (Fsp3) is 0.444. The first kappa shape index (κ1) is 28.3. The molecule has 1 saturated heterocycles. The van der Waals surface area contributed by atoms with Gasteiger partial charge in [-0.2, -0.15) is 0 Å². The van der Waals surface area contributed by atoms with Crippen LogP contribution in [0.4, 0.5) is 10.5 Å². The van der Waals surface area contributed by atoms with Crippen molar-refractivity contribution in [2.75, 3.05) is 31.7 Å². The molecule has 0 spiro atoms. The maximum Gasteiger partial charge on any atom is 0.409 e. The van der Waals surface area contributed by atoms with Gasteiger partial charge in [0.15, 0.2) is 11.3 Å². The highest BCUT2D eigenvalue weighted by atomic mass is 32.2. The van der Waals surface area contributed by atoms with Crippen molar-refractivity contribution in [1.82, 2.24) is 4.90 Å². The van der Waals surface area contributed by atoms with Crippen LogP contribution in [-0.4, -0.2) is 68.8 Å². The van der Waals surface area contributed by atoms with Crippen molar-refractivity contribution in [2.24, 2.45) is 0 Å². The molecular formula is C27H34N2O7S. The predicted molar refractivity (Wildman–Crippen MR) is 140 cm³/mol. The highest BCUT2D eigenvalue weighted by Gasteiger charge is 2.49. The maximum absolute atomic E-state index is 13.2. The van der Waals surface area contributed by atoms with Crippen LogP contribution in [0.3, 0.4) is 0 Å². The number of carbonyl (C=O) groups is 1. The lowest BCUT2D eigenvalue weighted by Gasteiger charge is -2.50. The average Bonchev–Trinajstić information content (AvgIpc) is 2.83. The van der Waals surface area contributed by atoms with Gasteiger partial charge in [0.25, 0.3) is 10.0 Å². The Bertz CT molecular complexity index is 1290. The Kier molecular flexibility index (Phi) is 7.84. The van der Waals surface area contributed by atoms with E-state index < -0.39 is 33.0 Å². The molecule has 2 aromatic rings. The minimum absolute atomic E-state index is 0.0222. The molecule has 1 amide bonds. The Morgan fingerprint density at radius 1 is 1.08 bits per heavy atom. The summed E-state index contributed by atoms with van der Waals surface area (Å²) < 4.78 is 44.4. The molecule has 2 aromatic carbocycles. The van der Waals surface area contributed by atoms with Gasteiger partial charge in [-0.3, -0.25) is 9.21 Å². The Morgan fingerprint density at radius 3 is 2.19 bits per heavy atom. The zero-order valence-electron chi connectivity index (χ0n) is 22.2. The van der Waals surface area contributed by atoms with E-state index in [-0.39, 0.29) is 18.1 Å². The number of ether oxygens (including phenoxy) is 3. The molecule has 1 aliphatic rings. The minimum Gasteiger partial charge on any atom is -0.497 e. The lowest BCUT2D eigenvalue weighted by atomic mass is 9.91. The molecule has 1 heterocycles. The van der Waals surface area contributed by atoms with Crippen molar-refractivity contribution in [2.45, 2.75) is 56.4 Å². The van der Waals surface area contributed by atoms with E-state index in [1.165, 1.54) is 35.5 Å². The van der Waals surface area contributed by atoms with Crippen molar-refractivity contribution in [1.29, 1.82) is 0 Å². The number of benzene rings is 2. The van der Waals surface area contributed by atoms with E-state index in [4.69, 9.17) is 14.2 Å². The number of anilines is 1. The lowest BCUT2D eigenvalue weighted by Crippen LogP contribution is -2.66. The topological polar surface area (TPSA) is 106 Å². The molecule has 0 aromatic heterocycles. The van der Waals surface area contributed by atoms with Crippen molar-refractivity contribution in [3.63, 3.8) is 0 Å². The smallest absolute Gasteiger partial charge is 0.409 e. The van der Waals surface area contributed by atoms with Crippen LogP contribution in [0.15, 0.2) is 53.4 Å². The first-order chi connectivity index (χ1) is 17.1. The Hall–Kier alpha value is -3.26. The number of hydrogen-bond donors (Lipinski definition) is 1. The Morgan fingerprint density at radius 2 is 1.68 bits per heavy atom. The Balaban J connectivity index is 1.93. The van der Waals surface area contributed by atoms with Gasteiger partial charge in [-0.05, 0) is 71.0 Å².